The number of hydrogen-bond acceptors (Lipinski definition) is 5. The molecule has 3 heterocycles. The van der Waals surface area contributed by atoms with Gasteiger partial charge < -0.3 is 9.64 Å². The molecule has 2 aromatic heterocycles. The molecule has 1 aliphatic heterocycles. The van der Waals surface area contributed by atoms with E-state index in [1.54, 1.807) is 36.2 Å². The maximum Gasteiger partial charge on any atom is 0.332 e. The number of pyridine rings is 1. The standard InChI is InChI=1S/C22H23FN4O4/c1-25-20-16(21(29)26(2)22(25)30)8-9-17(24-20)18-13-27(11-12-31-18)19(28)10-5-14-3-6-15(23)7-4-14/h3-4,6-9,18H,5,10-13H2,1-2H3/t18-/m1/s1. The molecule has 0 bridgehead atoms. The van der Waals surface area contributed by atoms with Crippen LogP contribution in [-0.4, -0.2) is 44.6 Å². The van der Waals surface area contributed by atoms with Crippen molar-refractivity contribution in [3.05, 3.63) is 74.3 Å². The number of ether oxygens (including phenoxy) is 1. The Hall–Kier alpha value is -3.33. The monoisotopic (exact) mass is 426 g/mol. The number of nitrogens with zero attached hydrogens (tertiary/aromatic N) is 4. The molecule has 0 N–H and O–H groups in total. The second kappa shape index (κ2) is 8.43. The third kappa shape index (κ3) is 4.13. The van der Waals surface area contributed by atoms with Crippen LogP contribution in [0.5, 0.6) is 0 Å². The fourth-order valence-corrected chi connectivity index (χ4v) is 3.76. The molecule has 0 radical (unpaired) electrons. The Morgan fingerprint density at radius 1 is 1.13 bits per heavy atom. The van der Waals surface area contributed by atoms with Crippen molar-refractivity contribution in [1.29, 1.82) is 0 Å². The molecule has 1 aliphatic rings. The van der Waals surface area contributed by atoms with Crippen LogP contribution in [0.15, 0.2) is 46.0 Å². The van der Waals surface area contributed by atoms with Crippen molar-refractivity contribution in [3.63, 3.8) is 0 Å². The van der Waals surface area contributed by atoms with E-state index >= 15 is 0 Å². The summed E-state index contributed by atoms with van der Waals surface area (Å²) in [5.74, 6) is -0.316. The molecule has 1 amide bonds. The summed E-state index contributed by atoms with van der Waals surface area (Å²) in [5.41, 5.74) is 0.891. The molecule has 8 nitrogen and oxygen atoms in total. The molecule has 1 atom stereocenters. The van der Waals surface area contributed by atoms with Crippen molar-refractivity contribution in [3.8, 4) is 0 Å². The maximum absolute atomic E-state index is 13.0. The van der Waals surface area contributed by atoms with Gasteiger partial charge in [0, 0.05) is 27.1 Å². The summed E-state index contributed by atoms with van der Waals surface area (Å²) >= 11 is 0. The zero-order valence-electron chi connectivity index (χ0n) is 17.4. The van der Waals surface area contributed by atoms with Crippen LogP contribution in [0.4, 0.5) is 4.39 Å². The van der Waals surface area contributed by atoms with Crippen molar-refractivity contribution in [1.82, 2.24) is 19.0 Å². The maximum atomic E-state index is 13.0. The van der Waals surface area contributed by atoms with E-state index < -0.39 is 17.4 Å². The Morgan fingerprint density at radius 3 is 2.61 bits per heavy atom. The highest BCUT2D eigenvalue weighted by Gasteiger charge is 2.26. The van der Waals surface area contributed by atoms with E-state index in [0.29, 0.717) is 43.6 Å². The van der Waals surface area contributed by atoms with Gasteiger partial charge in [-0.2, -0.15) is 0 Å². The molecule has 0 unspecified atom stereocenters. The number of carbonyl (C=O) groups is 1. The van der Waals surface area contributed by atoms with Crippen molar-refractivity contribution in [2.75, 3.05) is 19.7 Å². The SMILES string of the molecule is Cn1c(=O)c2ccc([C@H]3CN(C(=O)CCc4ccc(F)cc4)CCO3)nc2n(C)c1=O. The first-order chi connectivity index (χ1) is 14.8. The molecule has 0 aliphatic carbocycles. The van der Waals surface area contributed by atoms with E-state index in [2.05, 4.69) is 4.98 Å². The molecule has 1 saturated heterocycles. The van der Waals surface area contributed by atoms with Crippen LogP contribution < -0.4 is 11.2 Å². The van der Waals surface area contributed by atoms with Gasteiger partial charge in [0.1, 0.15) is 17.6 Å². The topological polar surface area (TPSA) is 86.4 Å². The minimum Gasteiger partial charge on any atom is -0.368 e. The third-order valence-corrected chi connectivity index (χ3v) is 5.61. The van der Waals surface area contributed by atoms with Crippen LogP contribution in [0, 0.1) is 5.82 Å². The predicted octanol–water partition coefficient (Wildman–Crippen LogP) is 1.30. The van der Waals surface area contributed by atoms with Crippen LogP contribution in [0.2, 0.25) is 0 Å². The summed E-state index contributed by atoms with van der Waals surface area (Å²) in [4.78, 5) is 43.5. The third-order valence-electron chi connectivity index (χ3n) is 5.61. The first-order valence-electron chi connectivity index (χ1n) is 10.1. The first kappa shape index (κ1) is 20.9. The summed E-state index contributed by atoms with van der Waals surface area (Å²) in [5, 5.41) is 0.344. The lowest BCUT2D eigenvalue weighted by molar-refractivity contribution is -0.139. The number of morpholine rings is 1. The molecule has 3 aromatic rings. The first-order valence-corrected chi connectivity index (χ1v) is 10.1. The van der Waals surface area contributed by atoms with Gasteiger partial charge in [0.2, 0.25) is 5.91 Å². The average molecular weight is 426 g/mol. The smallest absolute Gasteiger partial charge is 0.332 e. The number of aromatic nitrogens is 3. The summed E-state index contributed by atoms with van der Waals surface area (Å²) in [6, 6.07) is 9.47. The van der Waals surface area contributed by atoms with Crippen molar-refractivity contribution < 1.29 is 13.9 Å². The van der Waals surface area contributed by atoms with Gasteiger partial charge in [-0.05, 0) is 36.2 Å². The van der Waals surface area contributed by atoms with Gasteiger partial charge in [-0.3, -0.25) is 18.7 Å². The number of fused-ring (bicyclic) bond motifs is 1. The fraction of sp³-hybridized carbons (Fsp3) is 0.364. The van der Waals surface area contributed by atoms with Crippen LogP contribution in [0.1, 0.15) is 23.8 Å². The molecule has 9 heteroatoms. The van der Waals surface area contributed by atoms with Gasteiger partial charge in [-0.1, -0.05) is 12.1 Å². The van der Waals surface area contributed by atoms with E-state index in [9.17, 15) is 18.8 Å². The van der Waals surface area contributed by atoms with Crippen molar-refractivity contribution in [2.45, 2.75) is 18.9 Å². The predicted molar refractivity (Wildman–Crippen MR) is 112 cm³/mol. The van der Waals surface area contributed by atoms with Crippen LogP contribution in [-0.2, 0) is 30.0 Å². The lowest BCUT2D eigenvalue weighted by Crippen LogP contribution is -2.42. The van der Waals surface area contributed by atoms with Crippen LogP contribution >= 0.6 is 0 Å². The number of hydrogen-bond donors (Lipinski definition) is 0. The molecule has 1 aromatic carbocycles. The second-order valence-electron chi connectivity index (χ2n) is 7.64. The lowest BCUT2D eigenvalue weighted by Gasteiger charge is -2.33. The van der Waals surface area contributed by atoms with E-state index in [1.807, 2.05) is 0 Å². The number of carbonyl (C=O) groups excluding carboxylic acids is 1. The number of halogens is 1. The molecule has 0 saturated carbocycles. The van der Waals surface area contributed by atoms with Gasteiger partial charge in [0.05, 0.1) is 24.2 Å². The van der Waals surface area contributed by atoms with Gasteiger partial charge in [-0.15, -0.1) is 0 Å². The highest BCUT2D eigenvalue weighted by molar-refractivity contribution is 5.77. The van der Waals surface area contributed by atoms with Crippen molar-refractivity contribution in [2.24, 2.45) is 14.1 Å². The number of benzene rings is 1. The fourth-order valence-electron chi connectivity index (χ4n) is 3.76. The average Bonchev–Trinajstić information content (AvgIpc) is 2.80. The minimum atomic E-state index is -0.454. The Labute approximate surface area is 177 Å². The molecule has 31 heavy (non-hydrogen) atoms. The minimum absolute atomic E-state index is 0.0142. The van der Waals surface area contributed by atoms with Crippen LogP contribution in [0.25, 0.3) is 11.0 Å². The summed E-state index contributed by atoms with van der Waals surface area (Å²) < 4.78 is 21.2. The largest absolute Gasteiger partial charge is 0.368 e. The van der Waals surface area contributed by atoms with E-state index in [1.165, 1.54) is 23.7 Å². The van der Waals surface area contributed by atoms with E-state index in [0.717, 1.165) is 10.1 Å². The summed E-state index contributed by atoms with van der Waals surface area (Å²) in [6.07, 6.45) is 0.390. The Bertz CT molecular complexity index is 1250. The summed E-state index contributed by atoms with van der Waals surface area (Å²) in [7, 11) is 2.99. The Kier molecular flexibility index (Phi) is 5.69. The van der Waals surface area contributed by atoms with Crippen molar-refractivity contribution >= 4 is 16.9 Å². The summed E-state index contributed by atoms with van der Waals surface area (Å²) in [6.45, 7) is 1.17. The highest BCUT2D eigenvalue weighted by atomic mass is 19.1. The van der Waals surface area contributed by atoms with Gasteiger partial charge in [-0.25, -0.2) is 14.2 Å². The quantitative estimate of drug-likeness (QED) is 0.628. The van der Waals surface area contributed by atoms with Crippen LogP contribution in [0.3, 0.4) is 0 Å². The number of amides is 1. The van der Waals surface area contributed by atoms with Gasteiger partial charge >= 0.3 is 5.69 Å². The van der Waals surface area contributed by atoms with Gasteiger partial charge in [0.15, 0.2) is 0 Å². The molecular weight excluding hydrogens is 403 g/mol. The normalized spacial score (nSPS) is 16.6. The molecule has 0 spiro atoms. The molecule has 1 fully saturated rings. The Balaban J connectivity index is 1.51. The second-order valence-corrected chi connectivity index (χ2v) is 7.64. The number of rotatable bonds is 4. The van der Waals surface area contributed by atoms with E-state index in [4.69, 9.17) is 4.74 Å². The number of aryl methyl sites for hydroxylation is 2. The molecule has 162 valence electrons. The molecular formula is C22H23FN4O4. The van der Waals surface area contributed by atoms with Gasteiger partial charge in [0.25, 0.3) is 5.56 Å². The highest BCUT2D eigenvalue weighted by Crippen LogP contribution is 2.22. The zero-order valence-corrected chi connectivity index (χ0v) is 17.4. The van der Waals surface area contributed by atoms with E-state index in [-0.39, 0.29) is 17.4 Å². The lowest BCUT2D eigenvalue weighted by atomic mass is 10.1. The molecule has 4 rings (SSSR count). The zero-order chi connectivity index (χ0) is 22.1. The Morgan fingerprint density at radius 2 is 1.87 bits per heavy atom.